The summed E-state index contributed by atoms with van der Waals surface area (Å²) in [6.07, 6.45) is 1.51. The maximum atomic E-state index is 6.18. The highest BCUT2D eigenvalue weighted by Crippen LogP contribution is 2.34. The molecule has 0 saturated heterocycles. The van der Waals surface area contributed by atoms with Crippen molar-refractivity contribution in [2.75, 3.05) is 5.32 Å². The van der Waals surface area contributed by atoms with Crippen molar-refractivity contribution >= 4 is 57.2 Å². The van der Waals surface area contributed by atoms with E-state index in [2.05, 4.69) is 15.3 Å². The van der Waals surface area contributed by atoms with E-state index in [0.717, 1.165) is 16.5 Å². The highest BCUT2D eigenvalue weighted by molar-refractivity contribution is 6.44. The van der Waals surface area contributed by atoms with Gasteiger partial charge < -0.3 is 5.32 Å². The van der Waals surface area contributed by atoms with Crippen molar-refractivity contribution in [2.45, 2.75) is 6.92 Å². The van der Waals surface area contributed by atoms with Gasteiger partial charge in [-0.25, -0.2) is 9.97 Å². The number of anilines is 2. The van der Waals surface area contributed by atoms with E-state index < -0.39 is 0 Å². The zero-order valence-electron chi connectivity index (χ0n) is 11.0. The van der Waals surface area contributed by atoms with E-state index in [1.807, 2.05) is 25.1 Å². The third-order valence-corrected chi connectivity index (χ3v) is 4.09. The molecule has 0 fully saturated rings. The van der Waals surface area contributed by atoms with Gasteiger partial charge in [0.05, 0.1) is 26.3 Å². The van der Waals surface area contributed by atoms with E-state index in [9.17, 15) is 0 Å². The highest BCUT2D eigenvalue weighted by Gasteiger charge is 2.09. The van der Waals surface area contributed by atoms with Gasteiger partial charge >= 0.3 is 0 Å². The minimum atomic E-state index is 0.413. The number of halogens is 3. The summed E-state index contributed by atoms with van der Waals surface area (Å²) < 4.78 is 0. The lowest BCUT2D eigenvalue weighted by Gasteiger charge is -2.11. The molecule has 0 saturated carbocycles. The Kier molecular flexibility index (Phi) is 3.89. The molecule has 0 atom stereocenters. The maximum Gasteiger partial charge on any atom is 0.141 e. The second-order valence-electron chi connectivity index (χ2n) is 4.61. The Morgan fingerprint density at radius 3 is 2.48 bits per heavy atom. The largest absolute Gasteiger partial charge is 0.338 e. The number of aromatic nitrogens is 2. The summed E-state index contributed by atoms with van der Waals surface area (Å²) in [6, 6.07) is 9.25. The van der Waals surface area contributed by atoms with Gasteiger partial charge in [-0.1, -0.05) is 46.4 Å². The van der Waals surface area contributed by atoms with Gasteiger partial charge in [0.2, 0.25) is 0 Å². The number of hydrogen-bond acceptors (Lipinski definition) is 3. The standard InChI is InChI=1S/C15H10Cl3N3/c1-8-2-3-13-9(4-8)15(20-7-19-13)21-14-6-11(17)10(16)5-12(14)18/h2-7H,1H3,(H,19,20,21). The molecular formula is C15H10Cl3N3. The molecule has 0 unspecified atom stereocenters. The summed E-state index contributed by atoms with van der Waals surface area (Å²) in [7, 11) is 0. The van der Waals surface area contributed by atoms with E-state index >= 15 is 0 Å². The number of hydrogen-bond donors (Lipinski definition) is 1. The van der Waals surface area contributed by atoms with Crippen LogP contribution >= 0.6 is 34.8 Å². The third kappa shape index (κ3) is 2.91. The fourth-order valence-corrected chi connectivity index (χ4v) is 2.61. The SMILES string of the molecule is Cc1ccc2ncnc(Nc3cc(Cl)c(Cl)cc3Cl)c2c1. The monoisotopic (exact) mass is 337 g/mol. The van der Waals surface area contributed by atoms with Crippen LogP contribution in [-0.2, 0) is 0 Å². The molecule has 3 aromatic rings. The molecule has 6 heteroatoms. The first-order valence-electron chi connectivity index (χ1n) is 6.17. The van der Waals surface area contributed by atoms with Crippen LogP contribution in [0.3, 0.4) is 0 Å². The zero-order chi connectivity index (χ0) is 15.0. The molecule has 0 bridgehead atoms. The predicted molar refractivity (Wildman–Crippen MR) is 89.0 cm³/mol. The number of rotatable bonds is 2. The zero-order valence-corrected chi connectivity index (χ0v) is 13.3. The molecule has 1 N–H and O–H groups in total. The molecule has 0 radical (unpaired) electrons. The maximum absolute atomic E-state index is 6.18. The molecule has 0 amide bonds. The lowest BCUT2D eigenvalue weighted by Crippen LogP contribution is -1.97. The van der Waals surface area contributed by atoms with Gasteiger partial charge in [0, 0.05) is 5.39 Å². The molecule has 0 aliphatic heterocycles. The van der Waals surface area contributed by atoms with Crippen molar-refractivity contribution in [3.8, 4) is 0 Å². The highest BCUT2D eigenvalue weighted by atomic mass is 35.5. The van der Waals surface area contributed by atoms with Gasteiger partial charge in [-0.15, -0.1) is 0 Å². The average Bonchev–Trinajstić information content (AvgIpc) is 2.45. The molecular weight excluding hydrogens is 329 g/mol. The fraction of sp³-hybridized carbons (Fsp3) is 0.0667. The van der Waals surface area contributed by atoms with Crippen LogP contribution < -0.4 is 5.32 Å². The molecule has 106 valence electrons. The minimum absolute atomic E-state index is 0.413. The Morgan fingerprint density at radius 2 is 1.67 bits per heavy atom. The van der Waals surface area contributed by atoms with E-state index in [-0.39, 0.29) is 0 Å². The Bertz CT molecular complexity index is 834. The van der Waals surface area contributed by atoms with Crippen LogP contribution in [0.4, 0.5) is 11.5 Å². The molecule has 0 aliphatic rings. The van der Waals surface area contributed by atoms with Crippen LogP contribution in [0.25, 0.3) is 10.9 Å². The summed E-state index contributed by atoms with van der Waals surface area (Å²) in [5, 5.41) is 5.42. The molecule has 3 nitrogen and oxygen atoms in total. The normalized spacial score (nSPS) is 10.9. The van der Waals surface area contributed by atoms with E-state index in [4.69, 9.17) is 34.8 Å². The van der Waals surface area contributed by atoms with Crippen molar-refractivity contribution in [3.63, 3.8) is 0 Å². The van der Waals surface area contributed by atoms with Gasteiger partial charge in [-0.05, 0) is 31.2 Å². The van der Waals surface area contributed by atoms with Crippen molar-refractivity contribution < 1.29 is 0 Å². The molecule has 1 heterocycles. The second-order valence-corrected chi connectivity index (χ2v) is 5.84. The smallest absolute Gasteiger partial charge is 0.141 e. The van der Waals surface area contributed by atoms with Crippen molar-refractivity contribution in [3.05, 3.63) is 57.3 Å². The molecule has 0 spiro atoms. The van der Waals surface area contributed by atoms with Crippen LogP contribution in [0, 0.1) is 6.92 Å². The Labute approximate surface area is 136 Å². The Hall–Kier alpha value is -1.55. The lowest BCUT2D eigenvalue weighted by molar-refractivity contribution is 1.21. The third-order valence-electron chi connectivity index (χ3n) is 3.05. The van der Waals surface area contributed by atoms with Gasteiger partial charge in [0.25, 0.3) is 0 Å². The van der Waals surface area contributed by atoms with Crippen LogP contribution in [0.5, 0.6) is 0 Å². The van der Waals surface area contributed by atoms with Crippen LogP contribution in [-0.4, -0.2) is 9.97 Å². The lowest BCUT2D eigenvalue weighted by atomic mass is 10.1. The van der Waals surface area contributed by atoms with Gasteiger partial charge in [-0.3, -0.25) is 0 Å². The first kappa shape index (κ1) is 14.4. The first-order valence-corrected chi connectivity index (χ1v) is 7.31. The summed E-state index contributed by atoms with van der Waals surface area (Å²) in [4.78, 5) is 8.53. The number of benzene rings is 2. The van der Waals surface area contributed by atoms with Crippen molar-refractivity contribution in [2.24, 2.45) is 0 Å². The molecule has 3 rings (SSSR count). The summed E-state index contributed by atoms with van der Waals surface area (Å²) in [5.74, 6) is 0.670. The van der Waals surface area contributed by atoms with E-state index in [1.165, 1.54) is 6.33 Å². The van der Waals surface area contributed by atoms with Gasteiger partial charge in [0.1, 0.15) is 12.1 Å². The number of nitrogens with one attached hydrogen (secondary N) is 1. The predicted octanol–water partition coefficient (Wildman–Crippen LogP) is 5.64. The fourth-order valence-electron chi connectivity index (χ4n) is 2.02. The topological polar surface area (TPSA) is 37.8 Å². The number of aryl methyl sites for hydroxylation is 1. The first-order chi connectivity index (χ1) is 10.0. The van der Waals surface area contributed by atoms with Crippen LogP contribution in [0.1, 0.15) is 5.56 Å². The summed E-state index contributed by atoms with van der Waals surface area (Å²) in [5.41, 5.74) is 2.63. The van der Waals surface area contributed by atoms with E-state index in [0.29, 0.717) is 26.6 Å². The van der Waals surface area contributed by atoms with Crippen LogP contribution in [0.15, 0.2) is 36.7 Å². The van der Waals surface area contributed by atoms with E-state index in [1.54, 1.807) is 12.1 Å². The minimum Gasteiger partial charge on any atom is -0.338 e. The van der Waals surface area contributed by atoms with Crippen molar-refractivity contribution in [1.82, 2.24) is 9.97 Å². The Morgan fingerprint density at radius 1 is 0.905 bits per heavy atom. The molecule has 0 aliphatic carbocycles. The van der Waals surface area contributed by atoms with Crippen molar-refractivity contribution in [1.29, 1.82) is 0 Å². The summed E-state index contributed by atoms with van der Waals surface area (Å²) >= 11 is 18.2. The Balaban J connectivity index is 2.10. The van der Waals surface area contributed by atoms with Crippen LogP contribution in [0.2, 0.25) is 15.1 Å². The quantitative estimate of drug-likeness (QED) is 0.614. The second kappa shape index (κ2) is 5.68. The van der Waals surface area contributed by atoms with Gasteiger partial charge in [0.15, 0.2) is 0 Å². The average molecular weight is 339 g/mol. The molecule has 21 heavy (non-hydrogen) atoms. The molecule has 1 aromatic heterocycles. The summed E-state index contributed by atoms with van der Waals surface area (Å²) in [6.45, 7) is 2.02. The number of nitrogens with zero attached hydrogens (tertiary/aromatic N) is 2. The molecule has 2 aromatic carbocycles. The van der Waals surface area contributed by atoms with Gasteiger partial charge in [-0.2, -0.15) is 0 Å². The number of fused-ring (bicyclic) bond motifs is 1.